The van der Waals surface area contributed by atoms with E-state index in [0.717, 1.165) is 0 Å². The molecule has 0 saturated carbocycles. The molecule has 0 radical (unpaired) electrons. The van der Waals surface area contributed by atoms with Crippen LogP contribution in [0.3, 0.4) is 0 Å². The Morgan fingerprint density at radius 1 is 1.14 bits per heavy atom. The van der Waals surface area contributed by atoms with Gasteiger partial charge >= 0.3 is 0 Å². The van der Waals surface area contributed by atoms with Gasteiger partial charge in [0, 0.05) is 5.92 Å². The van der Waals surface area contributed by atoms with E-state index in [1.807, 2.05) is 13.1 Å². The van der Waals surface area contributed by atoms with Gasteiger partial charge in [-0.2, -0.15) is 0 Å². The molecule has 1 fully saturated rings. The van der Waals surface area contributed by atoms with Crippen LogP contribution in [0, 0.1) is 5.92 Å². The summed E-state index contributed by atoms with van der Waals surface area (Å²) in [5, 5.41) is 3.24. The van der Waals surface area contributed by atoms with Crippen LogP contribution in [0.1, 0.15) is 18.5 Å². The van der Waals surface area contributed by atoms with Gasteiger partial charge in [0.25, 0.3) is 0 Å². The maximum atomic E-state index is 3.31. The molecule has 1 aliphatic rings. The highest BCUT2D eigenvalue weighted by Crippen LogP contribution is 2.26. The fourth-order valence-electron chi connectivity index (χ4n) is 2.02. The average molecular weight is 191 g/mol. The first-order chi connectivity index (χ1) is 6.83. The molecule has 0 aromatic heterocycles. The van der Waals surface area contributed by atoms with Gasteiger partial charge in [0.15, 0.2) is 0 Å². The van der Waals surface area contributed by atoms with Crippen LogP contribution in [0.15, 0.2) is 30.3 Å². The van der Waals surface area contributed by atoms with Crippen molar-refractivity contribution in [1.29, 1.82) is 0 Å². The van der Waals surface area contributed by atoms with Crippen molar-refractivity contribution in [1.82, 2.24) is 16.2 Å². The van der Waals surface area contributed by atoms with E-state index < -0.39 is 0 Å². The van der Waals surface area contributed by atoms with E-state index in [2.05, 4.69) is 47.4 Å². The Bertz CT molecular complexity index is 286. The van der Waals surface area contributed by atoms with Crippen molar-refractivity contribution >= 4 is 0 Å². The van der Waals surface area contributed by atoms with E-state index in [9.17, 15) is 0 Å². The lowest BCUT2D eigenvalue weighted by atomic mass is 9.95. The van der Waals surface area contributed by atoms with E-state index in [0.29, 0.717) is 18.1 Å². The summed E-state index contributed by atoms with van der Waals surface area (Å²) in [5.41, 5.74) is 7.89. The zero-order valence-electron chi connectivity index (χ0n) is 8.62. The smallest absolute Gasteiger partial charge is 0.0746 e. The third-order valence-electron chi connectivity index (χ3n) is 2.92. The third-order valence-corrected chi connectivity index (χ3v) is 2.92. The fourth-order valence-corrected chi connectivity index (χ4v) is 2.02. The minimum atomic E-state index is 0.347. The molecular weight excluding hydrogens is 174 g/mol. The molecule has 1 aromatic rings. The first-order valence-corrected chi connectivity index (χ1v) is 5.06. The Hall–Kier alpha value is -0.900. The largest absolute Gasteiger partial charge is 0.304 e. The highest BCUT2D eigenvalue weighted by atomic mass is 15.5. The van der Waals surface area contributed by atoms with Crippen LogP contribution in [0.4, 0.5) is 0 Å². The molecule has 1 aliphatic heterocycles. The second-order valence-corrected chi connectivity index (χ2v) is 3.80. The standard InChI is InChI=1S/C11H17N3/c1-8-10(13-14-11(8)12-2)9-6-4-3-5-7-9/h3-8,10-14H,1-2H3. The summed E-state index contributed by atoms with van der Waals surface area (Å²) in [6, 6.07) is 10.9. The molecular formula is C11H17N3. The Morgan fingerprint density at radius 2 is 1.86 bits per heavy atom. The topological polar surface area (TPSA) is 36.1 Å². The second-order valence-electron chi connectivity index (χ2n) is 3.80. The van der Waals surface area contributed by atoms with Crippen LogP contribution in [0.2, 0.25) is 0 Å². The molecule has 3 nitrogen and oxygen atoms in total. The number of nitrogens with one attached hydrogen (secondary N) is 3. The molecule has 3 unspecified atom stereocenters. The lowest BCUT2D eigenvalue weighted by Gasteiger charge is -2.17. The first-order valence-electron chi connectivity index (χ1n) is 5.06. The minimum absolute atomic E-state index is 0.347. The number of benzene rings is 1. The summed E-state index contributed by atoms with van der Waals surface area (Å²) >= 11 is 0. The molecule has 1 heterocycles. The zero-order chi connectivity index (χ0) is 9.97. The maximum absolute atomic E-state index is 3.31. The lowest BCUT2D eigenvalue weighted by Crippen LogP contribution is -2.41. The van der Waals surface area contributed by atoms with Gasteiger partial charge in [-0.05, 0) is 12.6 Å². The highest BCUT2D eigenvalue weighted by Gasteiger charge is 2.31. The minimum Gasteiger partial charge on any atom is -0.304 e. The van der Waals surface area contributed by atoms with Gasteiger partial charge in [0.05, 0.1) is 12.2 Å². The van der Waals surface area contributed by atoms with Gasteiger partial charge in [-0.15, -0.1) is 0 Å². The Morgan fingerprint density at radius 3 is 2.43 bits per heavy atom. The van der Waals surface area contributed by atoms with Crippen molar-refractivity contribution in [3.8, 4) is 0 Å². The van der Waals surface area contributed by atoms with Crippen LogP contribution >= 0.6 is 0 Å². The molecule has 76 valence electrons. The van der Waals surface area contributed by atoms with E-state index in [1.165, 1.54) is 5.56 Å². The van der Waals surface area contributed by atoms with Gasteiger partial charge in [-0.3, -0.25) is 0 Å². The van der Waals surface area contributed by atoms with Crippen molar-refractivity contribution in [2.24, 2.45) is 5.92 Å². The van der Waals surface area contributed by atoms with Crippen molar-refractivity contribution in [3.05, 3.63) is 35.9 Å². The Kier molecular flexibility index (Phi) is 2.82. The molecule has 0 bridgehead atoms. The average Bonchev–Trinajstić information content (AvgIpc) is 2.61. The van der Waals surface area contributed by atoms with Gasteiger partial charge in [-0.25, -0.2) is 10.9 Å². The fraction of sp³-hybridized carbons (Fsp3) is 0.455. The molecule has 3 heteroatoms. The molecule has 2 rings (SSSR count). The Labute approximate surface area is 84.9 Å². The zero-order valence-corrected chi connectivity index (χ0v) is 8.62. The van der Waals surface area contributed by atoms with Gasteiger partial charge in [0.2, 0.25) is 0 Å². The van der Waals surface area contributed by atoms with Crippen LogP contribution in [-0.4, -0.2) is 13.2 Å². The molecule has 0 spiro atoms. The monoisotopic (exact) mass is 191 g/mol. The number of rotatable bonds is 2. The van der Waals surface area contributed by atoms with Gasteiger partial charge in [-0.1, -0.05) is 37.3 Å². The highest BCUT2D eigenvalue weighted by molar-refractivity contribution is 5.20. The summed E-state index contributed by atoms with van der Waals surface area (Å²) in [6.45, 7) is 2.24. The molecule has 3 N–H and O–H groups in total. The van der Waals surface area contributed by atoms with E-state index in [4.69, 9.17) is 0 Å². The van der Waals surface area contributed by atoms with Crippen molar-refractivity contribution in [3.63, 3.8) is 0 Å². The van der Waals surface area contributed by atoms with Crippen LogP contribution in [0.5, 0.6) is 0 Å². The molecule has 0 aliphatic carbocycles. The van der Waals surface area contributed by atoms with Crippen LogP contribution in [0.25, 0.3) is 0 Å². The SMILES string of the molecule is CNC1NNC(c2ccccc2)C1C. The van der Waals surface area contributed by atoms with Crippen LogP contribution < -0.4 is 16.2 Å². The van der Waals surface area contributed by atoms with E-state index in [1.54, 1.807) is 0 Å². The maximum Gasteiger partial charge on any atom is 0.0746 e. The summed E-state index contributed by atoms with van der Waals surface area (Å²) in [5.74, 6) is 0.544. The third kappa shape index (κ3) is 1.66. The van der Waals surface area contributed by atoms with Crippen molar-refractivity contribution in [2.45, 2.75) is 19.1 Å². The summed E-state index contributed by atoms with van der Waals surface area (Å²) in [6.07, 6.45) is 0.347. The van der Waals surface area contributed by atoms with Gasteiger partial charge < -0.3 is 5.32 Å². The number of hydrazine groups is 1. The normalized spacial score (nSPS) is 32.0. The number of hydrogen-bond donors (Lipinski definition) is 3. The molecule has 1 saturated heterocycles. The van der Waals surface area contributed by atoms with Gasteiger partial charge in [0.1, 0.15) is 0 Å². The number of hydrogen-bond acceptors (Lipinski definition) is 3. The summed E-state index contributed by atoms with van der Waals surface area (Å²) in [7, 11) is 1.98. The predicted octanol–water partition coefficient (Wildman–Crippen LogP) is 1.02. The molecule has 3 atom stereocenters. The predicted molar refractivity (Wildman–Crippen MR) is 57.5 cm³/mol. The van der Waals surface area contributed by atoms with Crippen LogP contribution in [-0.2, 0) is 0 Å². The van der Waals surface area contributed by atoms with Crippen molar-refractivity contribution in [2.75, 3.05) is 7.05 Å². The summed E-state index contributed by atoms with van der Waals surface area (Å²) in [4.78, 5) is 0. The van der Waals surface area contributed by atoms with E-state index in [-0.39, 0.29) is 0 Å². The first kappa shape index (κ1) is 9.65. The quantitative estimate of drug-likeness (QED) is 0.653. The summed E-state index contributed by atoms with van der Waals surface area (Å²) < 4.78 is 0. The van der Waals surface area contributed by atoms with E-state index >= 15 is 0 Å². The molecule has 14 heavy (non-hydrogen) atoms. The molecule has 1 aromatic carbocycles. The molecule has 0 amide bonds. The second kappa shape index (κ2) is 4.09. The lowest BCUT2D eigenvalue weighted by molar-refractivity contribution is 0.409. The van der Waals surface area contributed by atoms with Crippen molar-refractivity contribution < 1.29 is 0 Å². The Balaban J connectivity index is 2.14.